The Morgan fingerprint density at radius 2 is 2.06 bits per heavy atom. The zero-order valence-corrected chi connectivity index (χ0v) is 11.2. The van der Waals surface area contributed by atoms with Crippen LogP contribution in [-0.4, -0.2) is 30.6 Å². The van der Waals surface area contributed by atoms with Gasteiger partial charge in [-0.25, -0.2) is 0 Å². The maximum atomic E-state index is 5.95. The Morgan fingerprint density at radius 1 is 1.31 bits per heavy atom. The molecule has 0 aromatic heterocycles. The van der Waals surface area contributed by atoms with E-state index in [0.717, 1.165) is 24.4 Å². The van der Waals surface area contributed by atoms with Gasteiger partial charge in [0.25, 0.3) is 0 Å². The largest absolute Gasteiger partial charge is 0.330 e. The molecule has 1 aliphatic carbocycles. The summed E-state index contributed by atoms with van der Waals surface area (Å²) in [5.74, 6) is 1.65. The van der Waals surface area contributed by atoms with Crippen LogP contribution in [-0.2, 0) is 0 Å². The molecule has 1 heterocycles. The van der Waals surface area contributed by atoms with Crippen molar-refractivity contribution in [2.24, 2.45) is 23.0 Å². The lowest BCUT2D eigenvalue weighted by atomic mass is 9.78. The van der Waals surface area contributed by atoms with E-state index >= 15 is 0 Å². The SMILES string of the molecule is CC1CCC(CN)C(N2CCC(C)(C)C2)C1. The van der Waals surface area contributed by atoms with E-state index in [1.54, 1.807) is 0 Å². The van der Waals surface area contributed by atoms with Crippen molar-refractivity contribution in [1.29, 1.82) is 0 Å². The molecule has 1 saturated heterocycles. The Morgan fingerprint density at radius 3 is 2.62 bits per heavy atom. The van der Waals surface area contributed by atoms with Gasteiger partial charge >= 0.3 is 0 Å². The Bertz CT molecular complexity index is 237. The fraction of sp³-hybridized carbons (Fsp3) is 1.00. The molecule has 2 aliphatic rings. The number of hydrogen-bond donors (Lipinski definition) is 1. The molecular formula is C14H28N2. The Kier molecular flexibility index (Phi) is 3.60. The second kappa shape index (κ2) is 4.66. The van der Waals surface area contributed by atoms with Crippen molar-refractivity contribution in [3.63, 3.8) is 0 Å². The molecule has 16 heavy (non-hydrogen) atoms. The van der Waals surface area contributed by atoms with Gasteiger partial charge < -0.3 is 5.73 Å². The molecule has 0 amide bonds. The summed E-state index contributed by atoms with van der Waals surface area (Å²) < 4.78 is 0. The second-order valence-corrected chi connectivity index (χ2v) is 6.87. The molecule has 0 bridgehead atoms. The summed E-state index contributed by atoms with van der Waals surface area (Å²) in [7, 11) is 0. The Hall–Kier alpha value is -0.0800. The van der Waals surface area contributed by atoms with Crippen molar-refractivity contribution in [3.05, 3.63) is 0 Å². The molecule has 2 rings (SSSR count). The van der Waals surface area contributed by atoms with E-state index in [9.17, 15) is 0 Å². The van der Waals surface area contributed by atoms with Crippen LogP contribution in [0.1, 0.15) is 46.5 Å². The van der Waals surface area contributed by atoms with Crippen LogP contribution in [0.4, 0.5) is 0 Å². The van der Waals surface area contributed by atoms with Gasteiger partial charge in [-0.3, -0.25) is 4.90 Å². The number of rotatable bonds is 2. The topological polar surface area (TPSA) is 29.3 Å². The third kappa shape index (κ3) is 2.60. The van der Waals surface area contributed by atoms with E-state index in [2.05, 4.69) is 25.7 Å². The standard InChI is InChI=1S/C14H28N2/c1-11-4-5-12(9-15)13(8-11)16-7-6-14(2,3)10-16/h11-13H,4-10,15H2,1-3H3. The second-order valence-electron chi connectivity index (χ2n) is 6.87. The summed E-state index contributed by atoms with van der Waals surface area (Å²) in [5, 5.41) is 0. The lowest BCUT2D eigenvalue weighted by molar-refractivity contribution is 0.0984. The highest BCUT2D eigenvalue weighted by Crippen LogP contribution is 2.37. The fourth-order valence-corrected chi connectivity index (χ4v) is 3.57. The normalized spacial score (nSPS) is 40.1. The third-order valence-corrected chi connectivity index (χ3v) is 4.70. The van der Waals surface area contributed by atoms with Gasteiger partial charge in [-0.1, -0.05) is 27.2 Å². The molecule has 0 radical (unpaired) electrons. The van der Waals surface area contributed by atoms with Gasteiger partial charge in [0, 0.05) is 12.6 Å². The van der Waals surface area contributed by atoms with Crippen LogP contribution in [0.5, 0.6) is 0 Å². The maximum Gasteiger partial charge on any atom is 0.0138 e. The highest BCUT2D eigenvalue weighted by molar-refractivity contribution is 4.92. The number of nitrogens with two attached hydrogens (primary N) is 1. The number of likely N-dealkylation sites (tertiary alicyclic amines) is 1. The van der Waals surface area contributed by atoms with E-state index in [-0.39, 0.29) is 0 Å². The quantitative estimate of drug-likeness (QED) is 0.781. The van der Waals surface area contributed by atoms with E-state index < -0.39 is 0 Å². The summed E-state index contributed by atoms with van der Waals surface area (Å²) in [5.41, 5.74) is 6.48. The maximum absolute atomic E-state index is 5.95. The summed E-state index contributed by atoms with van der Waals surface area (Å²) >= 11 is 0. The first kappa shape index (κ1) is 12.4. The van der Waals surface area contributed by atoms with Crippen molar-refractivity contribution in [3.8, 4) is 0 Å². The fourth-order valence-electron chi connectivity index (χ4n) is 3.57. The van der Waals surface area contributed by atoms with Crippen LogP contribution < -0.4 is 5.73 Å². The van der Waals surface area contributed by atoms with Gasteiger partial charge in [-0.2, -0.15) is 0 Å². The zero-order chi connectivity index (χ0) is 11.8. The molecule has 0 spiro atoms. The number of nitrogens with zero attached hydrogens (tertiary/aromatic N) is 1. The van der Waals surface area contributed by atoms with E-state index in [1.165, 1.54) is 38.8 Å². The molecule has 3 atom stereocenters. The predicted octanol–water partition coefficient (Wildman–Crippen LogP) is 2.48. The first-order valence-electron chi connectivity index (χ1n) is 6.96. The van der Waals surface area contributed by atoms with Crippen molar-refractivity contribution < 1.29 is 0 Å². The van der Waals surface area contributed by atoms with Crippen LogP contribution in [0, 0.1) is 17.3 Å². The molecule has 2 nitrogen and oxygen atoms in total. The lowest BCUT2D eigenvalue weighted by Crippen LogP contribution is -2.46. The van der Waals surface area contributed by atoms with Crippen LogP contribution in [0.3, 0.4) is 0 Å². The summed E-state index contributed by atoms with van der Waals surface area (Å²) in [6, 6.07) is 0.774. The molecule has 0 aromatic carbocycles. The highest BCUT2D eigenvalue weighted by Gasteiger charge is 2.38. The number of hydrogen-bond acceptors (Lipinski definition) is 2. The molecule has 3 unspecified atom stereocenters. The smallest absolute Gasteiger partial charge is 0.0138 e. The van der Waals surface area contributed by atoms with E-state index in [0.29, 0.717) is 5.41 Å². The van der Waals surface area contributed by atoms with Crippen molar-refractivity contribution in [2.75, 3.05) is 19.6 Å². The van der Waals surface area contributed by atoms with Crippen molar-refractivity contribution in [1.82, 2.24) is 4.90 Å². The minimum atomic E-state index is 0.528. The van der Waals surface area contributed by atoms with Gasteiger partial charge in [-0.15, -0.1) is 0 Å². The first-order chi connectivity index (χ1) is 7.52. The Balaban J connectivity index is 2.00. The summed E-state index contributed by atoms with van der Waals surface area (Å²) in [6.45, 7) is 10.7. The average molecular weight is 224 g/mol. The molecule has 1 aliphatic heterocycles. The van der Waals surface area contributed by atoms with Crippen LogP contribution in [0.25, 0.3) is 0 Å². The zero-order valence-electron chi connectivity index (χ0n) is 11.2. The van der Waals surface area contributed by atoms with Crippen LogP contribution in [0.2, 0.25) is 0 Å². The van der Waals surface area contributed by atoms with Gasteiger partial charge in [-0.05, 0) is 49.6 Å². The molecular weight excluding hydrogens is 196 g/mol. The van der Waals surface area contributed by atoms with Gasteiger partial charge in [0.05, 0.1) is 0 Å². The summed E-state index contributed by atoms with van der Waals surface area (Å²) in [4.78, 5) is 2.73. The van der Waals surface area contributed by atoms with Crippen molar-refractivity contribution in [2.45, 2.75) is 52.5 Å². The van der Waals surface area contributed by atoms with E-state index in [4.69, 9.17) is 5.73 Å². The van der Waals surface area contributed by atoms with Gasteiger partial charge in [0.15, 0.2) is 0 Å². The van der Waals surface area contributed by atoms with Gasteiger partial charge in [0.2, 0.25) is 0 Å². The molecule has 1 saturated carbocycles. The molecule has 2 heteroatoms. The Labute approximate surface area is 101 Å². The van der Waals surface area contributed by atoms with Crippen molar-refractivity contribution >= 4 is 0 Å². The average Bonchev–Trinajstić information content (AvgIpc) is 2.59. The minimum absolute atomic E-state index is 0.528. The first-order valence-corrected chi connectivity index (χ1v) is 6.96. The minimum Gasteiger partial charge on any atom is -0.330 e. The van der Waals surface area contributed by atoms with Crippen LogP contribution >= 0.6 is 0 Å². The lowest BCUT2D eigenvalue weighted by Gasteiger charge is -2.40. The third-order valence-electron chi connectivity index (χ3n) is 4.70. The highest BCUT2D eigenvalue weighted by atomic mass is 15.2. The monoisotopic (exact) mass is 224 g/mol. The molecule has 2 fully saturated rings. The molecule has 2 N–H and O–H groups in total. The van der Waals surface area contributed by atoms with E-state index in [1.807, 2.05) is 0 Å². The summed E-state index contributed by atoms with van der Waals surface area (Å²) in [6.07, 6.45) is 5.46. The molecule has 0 aromatic rings. The molecule has 94 valence electrons. The van der Waals surface area contributed by atoms with Gasteiger partial charge in [0.1, 0.15) is 0 Å². The van der Waals surface area contributed by atoms with Crippen LogP contribution in [0.15, 0.2) is 0 Å². The predicted molar refractivity (Wildman–Crippen MR) is 69.3 cm³/mol.